The maximum Gasteiger partial charge on any atom is 0.358 e. The molecule has 0 bridgehead atoms. The van der Waals surface area contributed by atoms with Crippen LogP contribution in [0.2, 0.25) is 0 Å². The van der Waals surface area contributed by atoms with E-state index in [0.717, 1.165) is 58.0 Å². The van der Waals surface area contributed by atoms with Crippen LogP contribution in [0.4, 0.5) is 0 Å². The molecule has 0 radical (unpaired) electrons. The molecule has 4 saturated carbocycles. The van der Waals surface area contributed by atoms with E-state index in [2.05, 4.69) is 17.1 Å². The fourth-order valence-corrected chi connectivity index (χ4v) is 9.27. The molecule has 0 aliphatic heterocycles. The molecule has 0 aromatic carbocycles. The molecule has 194 valence electrons. The highest BCUT2D eigenvalue weighted by Gasteiger charge is 2.62. The van der Waals surface area contributed by atoms with Crippen molar-refractivity contribution in [2.75, 3.05) is 13.7 Å². The van der Waals surface area contributed by atoms with Crippen LogP contribution in [0, 0.1) is 40.4 Å². The second-order valence-corrected chi connectivity index (χ2v) is 12.5. The number of fused-ring (bicyclic) bond motifs is 5. The van der Waals surface area contributed by atoms with Gasteiger partial charge in [-0.05, 0) is 106 Å². The maximum atomic E-state index is 13.4. The Labute approximate surface area is 207 Å². The minimum Gasteiger partial charge on any atom is -0.476 e. The number of carbonyl (C=O) groups excluding carboxylic acids is 1. The van der Waals surface area contributed by atoms with Crippen molar-refractivity contribution >= 4 is 11.8 Å². The molecule has 1 aromatic rings. The van der Waals surface area contributed by atoms with Crippen molar-refractivity contribution in [1.29, 1.82) is 0 Å². The molecule has 1 aromatic heterocycles. The summed E-state index contributed by atoms with van der Waals surface area (Å²) in [7, 11) is 1.80. The monoisotopic (exact) mass is 487 g/mol. The number of aromatic carboxylic acids is 1. The van der Waals surface area contributed by atoms with Gasteiger partial charge in [-0.3, -0.25) is 4.79 Å². The molecule has 8 nitrogen and oxygen atoms in total. The van der Waals surface area contributed by atoms with E-state index >= 15 is 0 Å². The van der Waals surface area contributed by atoms with E-state index < -0.39 is 11.6 Å². The zero-order chi connectivity index (χ0) is 25.0. The molecular formula is C27H41N3O5. The Morgan fingerprint density at radius 1 is 1.11 bits per heavy atom. The summed E-state index contributed by atoms with van der Waals surface area (Å²) in [5, 5.41) is 28.0. The molecule has 1 heterocycles. The summed E-state index contributed by atoms with van der Waals surface area (Å²) in [6.45, 7) is 5.17. The third-order valence-electron chi connectivity index (χ3n) is 10.9. The highest BCUT2D eigenvalue weighted by atomic mass is 16.5. The minimum absolute atomic E-state index is 0.0174. The van der Waals surface area contributed by atoms with Gasteiger partial charge in [0.25, 0.3) is 0 Å². The second kappa shape index (κ2) is 8.94. The average Bonchev–Trinajstić information content (AvgIpc) is 3.41. The minimum atomic E-state index is -1.13. The fourth-order valence-electron chi connectivity index (χ4n) is 9.27. The summed E-state index contributed by atoms with van der Waals surface area (Å²) in [6, 6.07) is 0. The van der Waals surface area contributed by atoms with Gasteiger partial charge in [0, 0.05) is 19.6 Å². The molecule has 8 heteroatoms. The number of Topliss-reactive ketones (excluding diaryl/α,β-unsaturated/α-hetero) is 1. The van der Waals surface area contributed by atoms with Crippen molar-refractivity contribution in [2.45, 2.75) is 90.2 Å². The Hall–Kier alpha value is -1.80. The van der Waals surface area contributed by atoms with Crippen LogP contribution in [0.3, 0.4) is 0 Å². The Morgan fingerprint density at radius 2 is 1.91 bits per heavy atom. The molecular weight excluding hydrogens is 446 g/mol. The van der Waals surface area contributed by atoms with Gasteiger partial charge in [-0.1, -0.05) is 6.92 Å². The number of carboxylic acids is 1. The van der Waals surface area contributed by atoms with E-state index in [1.165, 1.54) is 23.8 Å². The van der Waals surface area contributed by atoms with E-state index in [9.17, 15) is 14.7 Å². The lowest BCUT2D eigenvalue weighted by molar-refractivity contribution is -0.163. The highest BCUT2D eigenvalue weighted by molar-refractivity contribution is 5.85. The number of methoxy groups -OCH3 is 1. The predicted molar refractivity (Wildman–Crippen MR) is 129 cm³/mol. The van der Waals surface area contributed by atoms with Crippen LogP contribution < -0.4 is 0 Å². The number of aromatic nitrogens is 3. The van der Waals surface area contributed by atoms with Crippen LogP contribution in [-0.4, -0.2) is 56.3 Å². The lowest BCUT2D eigenvalue weighted by Gasteiger charge is -2.63. The van der Waals surface area contributed by atoms with Crippen LogP contribution in [-0.2, 0) is 16.1 Å². The van der Waals surface area contributed by atoms with Gasteiger partial charge in [0.05, 0.1) is 11.8 Å². The number of ether oxygens (including phenoxy) is 1. The zero-order valence-corrected chi connectivity index (χ0v) is 21.4. The summed E-state index contributed by atoms with van der Waals surface area (Å²) in [6.07, 6.45) is 11.7. The third-order valence-corrected chi connectivity index (χ3v) is 10.9. The first-order valence-electron chi connectivity index (χ1n) is 13.5. The van der Waals surface area contributed by atoms with Gasteiger partial charge in [-0.15, -0.1) is 5.10 Å². The van der Waals surface area contributed by atoms with Crippen LogP contribution in [0.25, 0.3) is 0 Å². The van der Waals surface area contributed by atoms with E-state index in [1.807, 2.05) is 6.92 Å². The molecule has 4 fully saturated rings. The third kappa shape index (κ3) is 4.14. The summed E-state index contributed by atoms with van der Waals surface area (Å²) in [4.78, 5) is 25.8. The SMILES string of the molecule is COCC[C@]12CC[C@@](C)(O)C[C@@H]1CC[C@H]1[C@@H]3CC[C@H](C(=O)Cn4ncc(C(=O)O)n4)[C@@]3(C)CC[C@@H]12. The summed E-state index contributed by atoms with van der Waals surface area (Å²) >= 11 is 0. The van der Waals surface area contributed by atoms with Crippen LogP contribution in [0.1, 0.15) is 88.5 Å². The smallest absolute Gasteiger partial charge is 0.358 e. The predicted octanol–water partition coefficient (Wildman–Crippen LogP) is 3.97. The van der Waals surface area contributed by atoms with Crippen molar-refractivity contribution < 1.29 is 24.5 Å². The molecule has 4 aliphatic carbocycles. The molecule has 0 spiro atoms. The largest absolute Gasteiger partial charge is 0.476 e. The average molecular weight is 488 g/mol. The van der Waals surface area contributed by atoms with Crippen molar-refractivity contribution in [3.05, 3.63) is 11.9 Å². The number of ketones is 1. The molecule has 4 aliphatic rings. The van der Waals surface area contributed by atoms with E-state index in [0.29, 0.717) is 23.7 Å². The van der Waals surface area contributed by atoms with Gasteiger partial charge in [-0.25, -0.2) is 4.79 Å². The normalized spacial score (nSPS) is 42.7. The summed E-state index contributed by atoms with van der Waals surface area (Å²) < 4.78 is 5.59. The Bertz CT molecular complexity index is 976. The Kier molecular flexibility index (Phi) is 6.36. The fraction of sp³-hybridized carbons (Fsp3) is 0.852. The van der Waals surface area contributed by atoms with Crippen molar-refractivity contribution in [1.82, 2.24) is 15.0 Å². The van der Waals surface area contributed by atoms with Crippen molar-refractivity contribution in [2.24, 2.45) is 40.4 Å². The van der Waals surface area contributed by atoms with Crippen LogP contribution in [0.15, 0.2) is 6.20 Å². The zero-order valence-electron chi connectivity index (χ0n) is 21.4. The lowest BCUT2D eigenvalue weighted by Crippen LogP contribution is -2.57. The first-order valence-corrected chi connectivity index (χ1v) is 13.5. The molecule has 0 unspecified atom stereocenters. The van der Waals surface area contributed by atoms with Gasteiger partial charge in [0.1, 0.15) is 6.54 Å². The van der Waals surface area contributed by atoms with Gasteiger partial charge in [-0.2, -0.15) is 9.90 Å². The Morgan fingerprint density at radius 3 is 2.63 bits per heavy atom. The van der Waals surface area contributed by atoms with Crippen molar-refractivity contribution in [3.8, 4) is 0 Å². The number of carboxylic acid groups (broad SMARTS) is 1. The Balaban J connectivity index is 1.35. The standard InChI is InChI=1S/C27H41N3O5/c1-25(34)10-11-27(12-13-35-3)17(14-25)4-5-18-19-6-7-21(26(19,2)9-8-20(18)27)23(31)16-30-28-15-22(29-30)24(32)33/h15,17-21,34H,4-14,16H2,1-3H3,(H,32,33)/t17-,18-,19-,20-,21+,25+,26-,27+/m0/s1. The van der Waals surface area contributed by atoms with Crippen molar-refractivity contribution in [3.63, 3.8) is 0 Å². The number of aliphatic hydroxyl groups is 1. The van der Waals surface area contributed by atoms with E-state index in [1.54, 1.807) is 7.11 Å². The highest BCUT2D eigenvalue weighted by Crippen LogP contribution is 2.69. The summed E-state index contributed by atoms with van der Waals surface area (Å²) in [5.41, 5.74) is -0.449. The van der Waals surface area contributed by atoms with Gasteiger partial charge in [0.15, 0.2) is 11.5 Å². The quantitative estimate of drug-likeness (QED) is 0.598. The van der Waals surface area contributed by atoms with Gasteiger partial charge in [0.2, 0.25) is 0 Å². The molecule has 35 heavy (non-hydrogen) atoms. The van der Waals surface area contributed by atoms with Crippen LogP contribution in [0.5, 0.6) is 0 Å². The number of rotatable bonds is 7. The summed E-state index contributed by atoms with van der Waals surface area (Å²) in [5.74, 6) is 1.36. The molecule has 5 rings (SSSR count). The number of carbonyl (C=O) groups is 2. The molecule has 0 amide bonds. The second-order valence-electron chi connectivity index (χ2n) is 12.5. The van der Waals surface area contributed by atoms with Crippen LogP contribution >= 0.6 is 0 Å². The number of hydrogen-bond acceptors (Lipinski definition) is 6. The maximum absolute atomic E-state index is 13.4. The topological polar surface area (TPSA) is 115 Å². The number of nitrogens with zero attached hydrogens (tertiary/aromatic N) is 3. The lowest BCUT2D eigenvalue weighted by atomic mass is 9.42. The first-order chi connectivity index (χ1) is 16.6. The van der Waals surface area contributed by atoms with E-state index in [-0.39, 0.29) is 34.8 Å². The molecule has 8 atom stereocenters. The van der Waals surface area contributed by atoms with Gasteiger partial charge >= 0.3 is 5.97 Å². The molecule has 0 saturated heterocycles. The number of hydrogen-bond donors (Lipinski definition) is 2. The molecule has 2 N–H and O–H groups in total. The van der Waals surface area contributed by atoms with Gasteiger partial charge < -0.3 is 14.9 Å². The van der Waals surface area contributed by atoms with E-state index in [4.69, 9.17) is 9.84 Å². The first kappa shape index (κ1) is 24.9.